The quantitative estimate of drug-likeness (QED) is 0.434. The van der Waals surface area contributed by atoms with Crippen LogP contribution in [-0.2, 0) is 12.7 Å². The zero-order valence-corrected chi connectivity index (χ0v) is 16.3. The van der Waals surface area contributed by atoms with Gasteiger partial charge in [0.25, 0.3) is 0 Å². The van der Waals surface area contributed by atoms with Crippen molar-refractivity contribution in [2.24, 2.45) is 0 Å². The summed E-state index contributed by atoms with van der Waals surface area (Å²) in [7, 11) is 0. The summed E-state index contributed by atoms with van der Waals surface area (Å²) in [5.41, 5.74) is -1.59. The Labute approximate surface area is 177 Å². The van der Waals surface area contributed by atoms with E-state index in [9.17, 15) is 18.0 Å². The fraction of sp³-hybridized carbons (Fsp3) is 0.100. The maximum absolute atomic E-state index is 15.0. The predicted octanol–water partition coefficient (Wildman–Crippen LogP) is 4.35. The molecule has 2 aromatic heterocycles. The van der Waals surface area contributed by atoms with Crippen LogP contribution in [0.25, 0.3) is 16.8 Å². The summed E-state index contributed by atoms with van der Waals surface area (Å²) in [6, 6.07) is 12.9. The highest BCUT2D eigenvalue weighted by atomic mass is 35.5. The SMILES string of the molecule is O=c1c(F)c(-c2cc(Cl)ccc2-n2cc(C(F)(F)F)nn2)cnn1Cc1ccccc1. The molecule has 11 heteroatoms. The molecule has 0 fully saturated rings. The molecule has 4 aromatic rings. The molecule has 4 rings (SSSR count). The molecule has 0 saturated heterocycles. The minimum Gasteiger partial charge on any atom is -0.264 e. The summed E-state index contributed by atoms with van der Waals surface area (Å²) in [4.78, 5) is 12.5. The van der Waals surface area contributed by atoms with E-state index in [1.165, 1.54) is 18.2 Å². The number of halogens is 5. The third-order valence-corrected chi connectivity index (χ3v) is 4.67. The van der Waals surface area contributed by atoms with Crippen LogP contribution < -0.4 is 5.56 Å². The second-order valence-corrected chi connectivity index (χ2v) is 6.96. The third-order valence-electron chi connectivity index (χ3n) is 4.44. The van der Waals surface area contributed by atoms with Crippen LogP contribution >= 0.6 is 11.6 Å². The first kappa shape index (κ1) is 20.7. The smallest absolute Gasteiger partial charge is 0.264 e. The van der Waals surface area contributed by atoms with Crippen LogP contribution in [-0.4, -0.2) is 24.8 Å². The normalized spacial score (nSPS) is 11.6. The summed E-state index contributed by atoms with van der Waals surface area (Å²) in [6.45, 7) is 0.0529. The first-order chi connectivity index (χ1) is 14.7. The number of rotatable bonds is 4. The van der Waals surface area contributed by atoms with Crippen molar-refractivity contribution in [3.63, 3.8) is 0 Å². The number of alkyl halides is 3. The van der Waals surface area contributed by atoms with Crippen molar-refractivity contribution < 1.29 is 17.6 Å². The van der Waals surface area contributed by atoms with Crippen molar-refractivity contribution in [3.8, 4) is 16.8 Å². The second-order valence-electron chi connectivity index (χ2n) is 6.53. The van der Waals surface area contributed by atoms with Crippen molar-refractivity contribution in [1.82, 2.24) is 24.8 Å². The molecule has 6 nitrogen and oxygen atoms in total. The Hall–Kier alpha value is -3.53. The minimum atomic E-state index is -4.70. The van der Waals surface area contributed by atoms with Crippen molar-refractivity contribution in [3.05, 3.63) is 93.4 Å². The van der Waals surface area contributed by atoms with Crippen LogP contribution in [0.1, 0.15) is 11.3 Å². The van der Waals surface area contributed by atoms with Gasteiger partial charge in [-0.2, -0.15) is 18.3 Å². The third kappa shape index (κ3) is 4.19. The van der Waals surface area contributed by atoms with Crippen molar-refractivity contribution in [2.45, 2.75) is 12.7 Å². The molecule has 0 spiro atoms. The second kappa shape index (κ2) is 7.95. The Kier molecular flexibility index (Phi) is 5.32. The van der Waals surface area contributed by atoms with Crippen LogP contribution in [0.4, 0.5) is 17.6 Å². The molecule has 0 aliphatic heterocycles. The van der Waals surface area contributed by atoms with Gasteiger partial charge in [0, 0.05) is 16.1 Å². The number of nitrogens with zero attached hydrogens (tertiary/aromatic N) is 5. The molecule has 0 unspecified atom stereocenters. The van der Waals surface area contributed by atoms with Crippen LogP contribution in [0.2, 0.25) is 5.02 Å². The van der Waals surface area contributed by atoms with E-state index < -0.39 is 23.2 Å². The Bertz CT molecular complexity index is 1300. The van der Waals surface area contributed by atoms with Gasteiger partial charge in [0.1, 0.15) is 0 Å². The molecular formula is C20H12ClF4N5O. The fourth-order valence-electron chi connectivity index (χ4n) is 2.96. The van der Waals surface area contributed by atoms with E-state index >= 15 is 4.39 Å². The average Bonchev–Trinajstić information content (AvgIpc) is 3.23. The standard InChI is InChI=1S/C20H12ClF4N5O/c21-13-6-7-16(29-11-17(27-28-29)20(23,24)25)14(8-13)15-9-26-30(19(31)18(15)22)10-12-4-2-1-3-5-12/h1-9,11H,10H2. The molecule has 2 heterocycles. The Morgan fingerprint density at radius 1 is 1.03 bits per heavy atom. The summed E-state index contributed by atoms with van der Waals surface area (Å²) in [5.74, 6) is -1.12. The molecule has 0 bridgehead atoms. The van der Waals surface area contributed by atoms with E-state index in [-0.39, 0.29) is 28.4 Å². The summed E-state index contributed by atoms with van der Waals surface area (Å²) in [6.07, 6.45) is -2.92. The maximum atomic E-state index is 15.0. The molecule has 0 saturated carbocycles. The van der Waals surface area contributed by atoms with Gasteiger partial charge in [-0.3, -0.25) is 4.79 Å². The predicted molar refractivity (Wildman–Crippen MR) is 104 cm³/mol. The Morgan fingerprint density at radius 2 is 1.77 bits per heavy atom. The van der Waals surface area contributed by atoms with Gasteiger partial charge in [-0.1, -0.05) is 47.1 Å². The van der Waals surface area contributed by atoms with E-state index in [2.05, 4.69) is 15.4 Å². The van der Waals surface area contributed by atoms with E-state index in [1.807, 2.05) is 0 Å². The highest BCUT2D eigenvalue weighted by Gasteiger charge is 2.34. The molecule has 2 aromatic carbocycles. The largest absolute Gasteiger partial charge is 0.436 e. The minimum absolute atomic E-state index is 0.0417. The van der Waals surface area contributed by atoms with Gasteiger partial charge in [0.05, 0.1) is 24.6 Å². The highest BCUT2D eigenvalue weighted by molar-refractivity contribution is 6.31. The first-order valence-corrected chi connectivity index (χ1v) is 9.21. The fourth-order valence-corrected chi connectivity index (χ4v) is 3.13. The molecule has 0 aliphatic carbocycles. The van der Waals surface area contributed by atoms with E-state index in [0.29, 0.717) is 6.20 Å². The van der Waals surface area contributed by atoms with Crippen LogP contribution in [0.3, 0.4) is 0 Å². The van der Waals surface area contributed by atoms with Crippen molar-refractivity contribution >= 4 is 11.6 Å². The zero-order chi connectivity index (χ0) is 22.2. The van der Waals surface area contributed by atoms with Crippen LogP contribution in [0, 0.1) is 5.82 Å². The molecule has 31 heavy (non-hydrogen) atoms. The van der Waals surface area contributed by atoms with Crippen LogP contribution in [0.5, 0.6) is 0 Å². The number of hydrogen-bond acceptors (Lipinski definition) is 4. The van der Waals surface area contributed by atoms with Gasteiger partial charge >= 0.3 is 11.7 Å². The Morgan fingerprint density at radius 3 is 2.45 bits per heavy atom. The van der Waals surface area contributed by atoms with Crippen molar-refractivity contribution in [1.29, 1.82) is 0 Å². The maximum Gasteiger partial charge on any atom is 0.436 e. The topological polar surface area (TPSA) is 65.6 Å². The molecule has 0 N–H and O–H groups in total. The van der Waals surface area contributed by atoms with Gasteiger partial charge in [0.15, 0.2) is 11.5 Å². The average molecular weight is 450 g/mol. The van der Waals surface area contributed by atoms with Crippen molar-refractivity contribution in [2.75, 3.05) is 0 Å². The van der Waals surface area contributed by atoms with E-state index in [1.54, 1.807) is 30.3 Å². The number of benzene rings is 2. The van der Waals surface area contributed by atoms with E-state index in [4.69, 9.17) is 11.6 Å². The molecule has 0 atom stereocenters. The lowest BCUT2D eigenvalue weighted by Crippen LogP contribution is -2.26. The molecule has 0 aliphatic rings. The first-order valence-electron chi connectivity index (χ1n) is 8.83. The number of aromatic nitrogens is 5. The summed E-state index contributed by atoms with van der Waals surface area (Å²) >= 11 is 6.01. The van der Waals surface area contributed by atoms with Gasteiger partial charge < -0.3 is 0 Å². The zero-order valence-electron chi connectivity index (χ0n) is 15.5. The van der Waals surface area contributed by atoms with Gasteiger partial charge in [-0.15, -0.1) is 5.10 Å². The van der Waals surface area contributed by atoms with Gasteiger partial charge in [-0.25, -0.2) is 13.8 Å². The summed E-state index contributed by atoms with van der Waals surface area (Å²) in [5, 5.41) is 10.8. The lowest BCUT2D eigenvalue weighted by atomic mass is 10.1. The lowest BCUT2D eigenvalue weighted by molar-refractivity contribution is -0.141. The molecular weight excluding hydrogens is 438 g/mol. The highest BCUT2D eigenvalue weighted by Crippen LogP contribution is 2.32. The lowest BCUT2D eigenvalue weighted by Gasteiger charge is -2.12. The van der Waals surface area contributed by atoms with Gasteiger partial charge in [-0.05, 0) is 23.8 Å². The Balaban J connectivity index is 1.80. The molecule has 0 amide bonds. The monoisotopic (exact) mass is 449 g/mol. The van der Waals surface area contributed by atoms with Gasteiger partial charge in [0.2, 0.25) is 0 Å². The molecule has 158 valence electrons. The van der Waals surface area contributed by atoms with E-state index in [0.717, 1.165) is 21.1 Å². The number of hydrogen-bond donors (Lipinski definition) is 0. The molecule has 0 radical (unpaired) electrons. The van der Waals surface area contributed by atoms with Crippen LogP contribution in [0.15, 0.2) is 65.7 Å². The summed E-state index contributed by atoms with van der Waals surface area (Å²) < 4.78 is 55.5.